The first-order valence-electron chi connectivity index (χ1n) is 9.60. The predicted octanol–water partition coefficient (Wildman–Crippen LogP) is 1.49. The molecule has 1 rings (SSSR count). The van der Waals surface area contributed by atoms with Crippen LogP contribution in [-0.2, 0) is 14.8 Å². The fraction of sp³-hybridized carbons (Fsp3) is 0.611. The number of sulfonamides is 1. The number of hydrogen-bond acceptors (Lipinski definition) is 6. The number of nitro groups is 1. The summed E-state index contributed by atoms with van der Waals surface area (Å²) < 4.78 is 32.5. The van der Waals surface area contributed by atoms with Crippen LogP contribution in [0.1, 0.15) is 27.2 Å². The molecule has 0 bridgehead atoms. The average Bonchev–Trinajstić information content (AvgIpc) is 2.67. The molecule has 0 aromatic heterocycles. The molecular formula is C18H31N5O5S. The van der Waals surface area contributed by atoms with Crippen LogP contribution in [0.25, 0.3) is 0 Å². The molecule has 0 aliphatic carbocycles. The van der Waals surface area contributed by atoms with Gasteiger partial charge in [-0.2, -0.15) is 0 Å². The Hall–Kier alpha value is -2.24. The van der Waals surface area contributed by atoms with Gasteiger partial charge in [0.15, 0.2) is 5.96 Å². The molecule has 0 aliphatic rings. The van der Waals surface area contributed by atoms with Crippen molar-refractivity contribution in [2.24, 2.45) is 10.9 Å². The van der Waals surface area contributed by atoms with E-state index in [1.54, 1.807) is 0 Å². The molecule has 1 aromatic rings. The molecule has 0 heterocycles. The Labute approximate surface area is 172 Å². The summed E-state index contributed by atoms with van der Waals surface area (Å²) in [4.78, 5) is 14.3. The van der Waals surface area contributed by atoms with Gasteiger partial charge in [0.1, 0.15) is 0 Å². The maximum Gasteiger partial charge on any atom is 0.270 e. The van der Waals surface area contributed by atoms with Gasteiger partial charge in [-0.05, 0) is 25.3 Å². The van der Waals surface area contributed by atoms with E-state index in [2.05, 4.69) is 34.2 Å². The summed E-state index contributed by atoms with van der Waals surface area (Å²) in [6, 6.07) is 4.91. The lowest BCUT2D eigenvalue weighted by molar-refractivity contribution is -0.385. The second-order valence-corrected chi connectivity index (χ2v) is 8.40. The largest absolute Gasteiger partial charge is 0.380 e. The minimum absolute atomic E-state index is 0.0620. The van der Waals surface area contributed by atoms with Crippen molar-refractivity contribution >= 4 is 21.7 Å². The van der Waals surface area contributed by atoms with E-state index in [-0.39, 0.29) is 23.7 Å². The van der Waals surface area contributed by atoms with Crippen molar-refractivity contribution in [1.29, 1.82) is 0 Å². The Morgan fingerprint density at radius 1 is 1.24 bits per heavy atom. The summed E-state index contributed by atoms with van der Waals surface area (Å²) in [5, 5.41) is 17.0. The van der Waals surface area contributed by atoms with Crippen molar-refractivity contribution in [2.45, 2.75) is 32.1 Å². The first kappa shape index (κ1) is 24.8. The Balaban J connectivity index is 2.47. The molecule has 0 saturated carbocycles. The Morgan fingerprint density at radius 3 is 2.66 bits per heavy atom. The zero-order chi connectivity index (χ0) is 21.7. The first-order chi connectivity index (χ1) is 13.8. The van der Waals surface area contributed by atoms with E-state index in [9.17, 15) is 18.5 Å². The number of hydrogen-bond donors (Lipinski definition) is 3. The number of rotatable bonds is 13. The quantitative estimate of drug-likeness (QED) is 0.142. The van der Waals surface area contributed by atoms with Crippen LogP contribution < -0.4 is 15.4 Å². The molecule has 3 N–H and O–H groups in total. The Kier molecular flexibility index (Phi) is 11.2. The summed E-state index contributed by atoms with van der Waals surface area (Å²) >= 11 is 0. The maximum atomic E-state index is 12.3. The summed E-state index contributed by atoms with van der Waals surface area (Å²) in [6.07, 6.45) is 1.01. The number of nitrogens with one attached hydrogen (secondary N) is 3. The highest BCUT2D eigenvalue weighted by Crippen LogP contribution is 2.16. The van der Waals surface area contributed by atoms with Crippen LogP contribution in [0.3, 0.4) is 0 Å². The molecule has 11 heteroatoms. The normalized spacial score (nSPS) is 12.2. The summed E-state index contributed by atoms with van der Waals surface area (Å²) in [5.41, 5.74) is -0.278. The molecule has 0 atom stereocenters. The van der Waals surface area contributed by atoms with Crippen LogP contribution in [0.2, 0.25) is 0 Å². The van der Waals surface area contributed by atoms with Crippen LogP contribution >= 0.6 is 0 Å². The van der Waals surface area contributed by atoms with E-state index < -0.39 is 14.9 Å². The highest BCUT2D eigenvalue weighted by atomic mass is 32.2. The fourth-order valence-corrected chi connectivity index (χ4v) is 3.26. The van der Waals surface area contributed by atoms with Crippen LogP contribution in [0.4, 0.5) is 5.69 Å². The third-order valence-electron chi connectivity index (χ3n) is 3.74. The summed E-state index contributed by atoms with van der Waals surface area (Å²) in [7, 11) is -3.85. The highest BCUT2D eigenvalue weighted by molar-refractivity contribution is 7.89. The van der Waals surface area contributed by atoms with Crippen LogP contribution in [0, 0.1) is 16.0 Å². The molecule has 0 spiro atoms. The number of non-ortho nitro benzene ring substituents is 1. The van der Waals surface area contributed by atoms with Gasteiger partial charge < -0.3 is 15.4 Å². The van der Waals surface area contributed by atoms with Gasteiger partial charge in [0.2, 0.25) is 10.0 Å². The van der Waals surface area contributed by atoms with Crippen molar-refractivity contribution < 1.29 is 18.1 Å². The molecule has 29 heavy (non-hydrogen) atoms. The van der Waals surface area contributed by atoms with Gasteiger partial charge >= 0.3 is 0 Å². The second-order valence-electron chi connectivity index (χ2n) is 6.63. The van der Waals surface area contributed by atoms with E-state index >= 15 is 0 Å². The van der Waals surface area contributed by atoms with Gasteiger partial charge in [-0.25, -0.2) is 13.1 Å². The lowest BCUT2D eigenvalue weighted by Crippen LogP contribution is -2.39. The highest BCUT2D eigenvalue weighted by Gasteiger charge is 2.16. The molecule has 0 radical (unpaired) electrons. The molecule has 1 aromatic carbocycles. The van der Waals surface area contributed by atoms with E-state index in [1.807, 2.05) is 6.92 Å². The van der Waals surface area contributed by atoms with Crippen molar-refractivity contribution in [3.8, 4) is 0 Å². The van der Waals surface area contributed by atoms with Crippen molar-refractivity contribution in [1.82, 2.24) is 15.4 Å². The van der Waals surface area contributed by atoms with Gasteiger partial charge in [-0.3, -0.25) is 15.1 Å². The number of ether oxygens (including phenoxy) is 1. The zero-order valence-corrected chi connectivity index (χ0v) is 18.0. The smallest absolute Gasteiger partial charge is 0.270 e. The van der Waals surface area contributed by atoms with Gasteiger partial charge in [0, 0.05) is 38.4 Å². The molecule has 10 nitrogen and oxygen atoms in total. The lowest BCUT2D eigenvalue weighted by Gasteiger charge is -2.12. The molecule has 164 valence electrons. The number of aliphatic imine (C=N–C) groups is 1. The third kappa shape index (κ3) is 10.2. The molecule has 0 amide bonds. The molecule has 0 saturated heterocycles. The van der Waals surface area contributed by atoms with E-state index in [0.717, 1.165) is 12.5 Å². The fourth-order valence-electron chi connectivity index (χ4n) is 2.20. The number of nitrogens with zero attached hydrogens (tertiary/aromatic N) is 2. The van der Waals surface area contributed by atoms with Crippen molar-refractivity contribution in [3.05, 3.63) is 34.4 Å². The minimum atomic E-state index is -3.85. The SMILES string of the molecule is CCNC(=NCCNS(=O)(=O)c1cccc([N+](=O)[O-])c1)NCCOCCC(C)C. The van der Waals surface area contributed by atoms with Gasteiger partial charge in [0.05, 0.1) is 23.0 Å². The number of nitro benzene ring substituents is 1. The summed E-state index contributed by atoms with van der Waals surface area (Å²) in [5.74, 6) is 1.17. The van der Waals surface area contributed by atoms with Gasteiger partial charge in [0.25, 0.3) is 5.69 Å². The second kappa shape index (κ2) is 13.1. The topological polar surface area (TPSA) is 135 Å². The van der Waals surface area contributed by atoms with E-state index in [4.69, 9.17) is 4.74 Å². The van der Waals surface area contributed by atoms with E-state index in [1.165, 1.54) is 18.2 Å². The Bertz CT molecular complexity index is 768. The first-order valence-corrected chi connectivity index (χ1v) is 11.1. The van der Waals surface area contributed by atoms with Gasteiger partial charge in [-0.15, -0.1) is 0 Å². The van der Waals surface area contributed by atoms with E-state index in [0.29, 0.717) is 38.2 Å². The third-order valence-corrected chi connectivity index (χ3v) is 5.19. The van der Waals surface area contributed by atoms with Crippen molar-refractivity contribution in [3.63, 3.8) is 0 Å². The summed E-state index contributed by atoms with van der Waals surface area (Å²) in [6.45, 7) is 9.01. The molecular weight excluding hydrogens is 398 g/mol. The minimum Gasteiger partial charge on any atom is -0.380 e. The van der Waals surface area contributed by atoms with Crippen LogP contribution in [0.15, 0.2) is 34.2 Å². The average molecular weight is 430 g/mol. The lowest BCUT2D eigenvalue weighted by atomic mass is 10.1. The molecule has 0 aliphatic heterocycles. The molecule has 0 unspecified atom stereocenters. The number of guanidine groups is 1. The van der Waals surface area contributed by atoms with Crippen LogP contribution in [0.5, 0.6) is 0 Å². The monoisotopic (exact) mass is 429 g/mol. The maximum absolute atomic E-state index is 12.3. The Morgan fingerprint density at radius 2 is 2.00 bits per heavy atom. The van der Waals surface area contributed by atoms with Crippen LogP contribution in [-0.4, -0.2) is 58.7 Å². The van der Waals surface area contributed by atoms with Crippen molar-refractivity contribution in [2.75, 3.05) is 39.4 Å². The zero-order valence-electron chi connectivity index (χ0n) is 17.2. The number of benzene rings is 1. The predicted molar refractivity (Wildman–Crippen MR) is 113 cm³/mol. The van der Waals surface area contributed by atoms with Gasteiger partial charge in [-0.1, -0.05) is 19.9 Å². The molecule has 0 fully saturated rings. The standard InChI is InChI=1S/C18H31N5O5S/c1-4-19-18(21-11-13-28-12-8-15(2)3)20-9-10-22-29(26,27)17-7-5-6-16(14-17)23(24)25/h5-7,14-15,22H,4,8-13H2,1-3H3,(H2,19,20,21).